The molecule has 166 valence electrons. The molecule has 2 aromatic carbocycles. The van der Waals surface area contributed by atoms with E-state index in [4.69, 9.17) is 25.8 Å². The fourth-order valence-corrected chi connectivity index (χ4v) is 3.90. The number of rotatable bonds is 6. The second-order valence-corrected chi connectivity index (χ2v) is 7.50. The van der Waals surface area contributed by atoms with Crippen LogP contribution in [0.25, 0.3) is 11.3 Å². The van der Waals surface area contributed by atoms with Crippen LogP contribution in [-0.4, -0.2) is 36.5 Å². The standard InChI is InChI=1S/C23H22ClN3O5/c1-4-32-23(29)19-20(26-25-15-7-5-14(24)6-8-15)22(28)27-10-9-13-11-17(30-2)18(31-3)12-16(13)21(19)27/h5-8,11-12,28H,4,9-10H2,1-3H3. The van der Waals surface area contributed by atoms with Gasteiger partial charge in [-0.2, -0.15) is 5.11 Å². The summed E-state index contributed by atoms with van der Waals surface area (Å²) in [5.74, 6) is 0.362. The number of aromatic hydroxyl groups is 1. The van der Waals surface area contributed by atoms with Gasteiger partial charge in [0.2, 0.25) is 5.88 Å². The predicted octanol–water partition coefficient (Wildman–Crippen LogP) is 5.68. The molecule has 1 N–H and O–H groups in total. The number of hydrogen-bond donors (Lipinski definition) is 1. The molecule has 0 unspecified atom stereocenters. The van der Waals surface area contributed by atoms with E-state index < -0.39 is 5.97 Å². The van der Waals surface area contributed by atoms with Gasteiger partial charge in [0.05, 0.1) is 32.2 Å². The molecule has 0 atom stereocenters. The van der Waals surface area contributed by atoms with Crippen molar-refractivity contribution < 1.29 is 24.1 Å². The smallest absolute Gasteiger partial charge is 0.342 e. The van der Waals surface area contributed by atoms with Gasteiger partial charge in [-0.1, -0.05) is 11.6 Å². The number of aryl methyl sites for hydroxylation is 1. The minimum atomic E-state index is -0.593. The van der Waals surface area contributed by atoms with Crippen molar-refractivity contribution in [1.82, 2.24) is 4.57 Å². The van der Waals surface area contributed by atoms with Crippen LogP contribution in [0.2, 0.25) is 5.02 Å². The molecule has 1 aliphatic heterocycles. The minimum absolute atomic E-state index is 0.0519. The lowest BCUT2D eigenvalue weighted by molar-refractivity contribution is 0.0528. The molecule has 0 fully saturated rings. The van der Waals surface area contributed by atoms with Crippen molar-refractivity contribution in [2.45, 2.75) is 19.9 Å². The zero-order valence-electron chi connectivity index (χ0n) is 17.9. The molecule has 9 heteroatoms. The zero-order valence-corrected chi connectivity index (χ0v) is 18.6. The molecule has 0 saturated carbocycles. The van der Waals surface area contributed by atoms with E-state index >= 15 is 0 Å². The first kappa shape index (κ1) is 21.7. The Kier molecular flexibility index (Phi) is 6.05. The Morgan fingerprint density at radius 1 is 1.12 bits per heavy atom. The molecular weight excluding hydrogens is 434 g/mol. The Balaban J connectivity index is 1.91. The molecule has 1 aromatic heterocycles. The van der Waals surface area contributed by atoms with Crippen LogP contribution in [0.3, 0.4) is 0 Å². The maximum absolute atomic E-state index is 13.0. The van der Waals surface area contributed by atoms with Gasteiger partial charge < -0.3 is 23.9 Å². The topological polar surface area (TPSA) is 94.6 Å². The zero-order chi connectivity index (χ0) is 22.8. The van der Waals surface area contributed by atoms with E-state index in [0.29, 0.717) is 40.9 Å². The summed E-state index contributed by atoms with van der Waals surface area (Å²) in [4.78, 5) is 13.0. The van der Waals surface area contributed by atoms with Gasteiger partial charge in [-0.05, 0) is 55.3 Å². The fourth-order valence-electron chi connectivity index (χ4n) is 3.78. The average Bonchev–Trinajstić information content (AvgIpc) is 3.09. The van der Waals surface area contributed by atoms with Gasteiger partial charge in [0.25, 0.3) is 0 Å². The number of benzene rings is 2. The molecule has 1 aliphatic rings. The summed E-state index contributed by atoms with van der Waals surface area (Å²) in [6.45, 7) is 2.35. The van der Waals surface area contributed by atoms with E-state index in [2.05, 4.69) is 10.2 Å². The lowest BCUT2D eigenvalue weighted by Crippen LogP contribution is -2.14. The number of aromatic nitrogens is 1. The molecule has 0 saturated heterocycles. The third-order valence-electron chi connectivity index (χ3n) is 5.25. The van der Waals surface area contributed by atoms with Crippen molar-refractivity contribution in [3.8, 4) is 28.6 Å². The highest BCUT2D eigenvalue weighted by molar-refractivity contribution is 6.30. The third kappa shape index (κ3) is 3.78. The van der Waals surface area contributed by atoms with Crippen molar-refractivity contribution in [2.75, 3.05) is 20.8 Å². The van der Waals surface area contributed by atoms with Gasteiger partial charge in [-0.25, -0.2) is 4.79 Å². The highest BCUT2D eigenvalue weighted by Crippen LogP contribution is 2.48. The molecule has 0 spiro atoms. The largest absolute Gasteiger partial charge is 0.493 e. The van der Waals surface area contributed by atoms with Crippen molar-refractivity contribution >= 4 is 28.9 Å². The highest BCUT2D eigenvalue weighted by Gasteiger charge is 2.33. The summed E-state index contributed by atoms with van der Waals surface area (Å²) in [6, 6.07) is 10.4. The summed E-state index contributed by atoms with van der Waals surface area (Å²) in [5, 5.41) is 19.9. The minimum Gasteiger partial charge on any atom is -0.493 e. The first-order valence-corrected chi connectivity index (χ1v) is 10.4. The predicted molar refractivity (Wildman–Crippen MR) is 120 cm³/mol. The monoisotopic (exact) mass is 455 g/mol. The fraction of sp³-hybridized carbons (Fsp3) is 0.261. The summed E-state index contributed by atoms with van der Waals surface area (Å²) in [7, 11) is 3.11. The number of ether oxygens (including phenoxy) is 3. The van der Waals surface area contributed by atoms with Gasteiger partial charge >= 0.3 is 5.97 Å². The Morgan fingerprint density at radius 2 is 1.81 bits per heavy atom. The van der Waals surface area contributed by atoms with E-state index in [1.165, 1.54) is 0 Å². The summed E-state index contributed by atoms with van der Waals surface area (Å²) in [5.41, 5.74) is 2.93. The van der Waals surface area contributed by atoms with Crippen LogP contribution in [0.5, 0.6) is 17.4 Å². The molecular formula is C23H22ClN3O5. The lowest BCUT2D eigenvalue weighted by Gasteiger charge is -2.22. The van der Waals surface area contributed by atoms with E-state index in [-0.39, 0.29) is 23.7 Å². The Hall–Kier alpha value is -3.52. The molecule has 32 heavy (non-hydrogen) atoms. The molecule has 0 bridgehead atoms. The van der Waals surface area contributed by atoms with Gasteiger partial charge in [0.15, 0.2) is 17.2 Å². The molecule has 4 rings (SSSR count). The van der Waals surface area contributed by atoms with Crippen LogP contribution in [0.4, 0.5) is 11.4 Å². The van der Waals surface area contributed by atoms with Crippen molar-refractivity contribution in [1.29, 1.82) is 0 Å². The van der Waals surface area contributed by atoms with Crippen LogP contribution < -0.4 is 9.47 Å². The van der Waals surface area contributed by atoms with Crippen LogP contribution in [0.15, 0.2) is 46.6 Å². The molecule has 8 nitrogen and oxygen atoms in total. The van der Waals surface area contributed by atoms with E-state index in [9.17, 15) is 9.90 Å². The second-order valence-electron chi connectivity index (χ2n) is 7.06. The number of methoxy groups -OCH3 is 2. The van der Waals surface area contributed by atoms with Crippen molar-refractivity contribution in [2.24, 2.45) is 10.2 Å². The Labute approximate surface area is 190 Å². The number of nitrogens with zero attached hydrogens (tertiary/aromatic N) is 3. The quantitative estimate of drug-likeness (QED) is 0.381. The number of carbonyl (C=O) groups is 1. The normalized spacial score (nSPS) is 12.4. The molecule has 0 aliphatic carbocycles. The second kappa shape index (κ2) is 8.92. The number of azo groups is 1. The average molecular weight is 456 g/mol. The van der Waals surface area contributed by atoms with Gasteiger partial charge in [-0.3, -0.25) is 0 Å². The number of halogens is 1. The van der Waals surface area contributed by atoms with Gasteiger partial charge in [-0.15, -0.1) is 5.11 Å². The van der Waals surface area contributed by atoms with Crippen LogP contribution in [0.1, 0.15) is 22.8 Å². The maximum atomic E-state index is 13.0. The lowest BCUT2D eigenvalue weighted by atomic mass is 9.95. The van der Waals surface area contributed by atoms with E-state index in [1.54, 1.807) is 56.0 Å². The summed E-state index contributed by atoms with van der Waals surface area (Å²) in [6.07, 6.45) is 0.626. The maximum Gasteiger partial charge on any atom is 0.342 e. The molecule has 2 heterocycles. The van der Waals surface area contributed by atoms with E-state index in [0.717, 1.165) is 11.1 Å². The highest BCUT2D eigenvalue weighted by atomic mass is 35.5. The van der Waals surface area contributed by atoms with E-state index in [1.807, 2.05) is 6.07 Å². The van der Waals surface area contributed by atoms with Crippen molar-refractivity contribution in [3.63, 3.8) is 0 Å². The van der Waals surface area contributed by atoms with Gasteiger partial charge in [0.1, 0.15) is 5.56 Å². The van der Waals surface area contributed by atoms with Crippen molar-refractivity contribution in [3.05, 3.63) is 52.5 Å². The molecule has 0 radical (unpaired) electrons. The Bertz CT molecular complexity index is 1200. The third-order valence-corrected chi connectivity index (χ3v) is 5.50. The first-order valence-electron chi connectivity index (χ1n) is 10.0. The van der Waals surface area contributed by atoms with Gasteiger partial charge in [0, 0.05) is 17.1 Å². The molecule has 3 aromatic rings. The summed E-state index contributed by atoms with van der Waals surface area (Å²) >= 11 is 5.92. The Morgan fingerprint density at radius 3 is 2.47 bits per heavy atom. The number of hydrogen-bond acceptors (Lipinski definition) is 7. The van der Waals surface area contributed by atoms with Crippen LogP contribution in [-0.2, 0) is 17.7 Å². The number of esters is 1. The van der Waals surface area contributed by atoms with Crippen LogP contribution in [0, 0.1) is 0 Å². The summed E-state index contributed by atoms with van der Waals surface area (Å²) < 4.78 is 17.8. The number of carbonyl (C=O) groups excluding carboxylic acids is 1. The first-order chi connectivity index (χ1) is 15.5. The van der Waals surface area contributed by atoms with Crippen LogP contribution >= 0.6 is 11.6 Å². The number of fused-ring (bicyclic) bond motifs is 3. The molecule has 0 amide bonds. The SMILES string of the molecule is CCOC(=O)c1c(N=Nc2ccc(Cl)cc2)c(O)n2c1-c1cc(OC)c(OC)cc1CC2.